The first-order valence-electron chi connectivity index (χ1n) is 10.9. The Morgan fingerprint density at radius 1 is 1.10 bits per heavy atom. The lowest BCUT2D eigenvalue weighted by atomic mass is 9.97. The quantitative estimate of drug-likeness (QED) is 0.629. The Morgan fingerprint density at radius 2 is 1.97 bits per heavy atom. The maximum Gasteiger partial charge on any atom is 0.225 e. The molecule has 0 radical (unpaired) electrons. The first-order valence-corrected chi connectivity index (χ1v) is 10.9. The summed E-state index contributed by atoms with van der Waals surface area (Å²) in [5, 5.41) is 11.9. The molecule has 31 heavy (non-hydrogen) atoms. The van der Waals surface area contributed by atoms with Gasteiger partial charge in [0.2, 0.25) is 5.91 Å². The van der Waals surface area contributed by atoms with Crippen LogP contribution in [0, 0.1) is 5.92 Å². The molecule has 1 atom stereocenters. The average molecular weight is 417 g/mol. The standard InChI is InChI=1S/C25H28N4O2/c1-2-31-22-12-6-8-19(16-22)17-26-25(30)21-11-7-15-29(18-21)24-14-13-23(27-28-24)20-9-4-3-5-10-20/h3-6,8-10,12-14,16,21H,2,7,11,15,17-18H2,1H3,(H,26,30)/t21-/m0/s1. The number of aromatic nitrogens is 2. The van der Waals surface area contributed by atoms with Gasteiger partial charge in [-0.25, -0.2) is 0 Å². The minimum atomic E-state index is -0.0561. The molecule has 0 bridgehead atoms. The Bertz CT molecular complexity index is 992. The number of ether oxygens (including phenoxy) is 1. The van der Waals surface area contributed by atoms with Crippen LogP contribution in [0.15, 0.2) is 66.7 Å². The van der Waals surface area contributed by atoms with Gasteiger partial charge in [-0.2, -0.15) is 0 Å². The molecule has 1 aliphatic rings. The van der Waals surface area contributed by atoms with Gasteiger partial charge in [0.1, 0.15) is 5.75 Å². The van der Waals surface area contributed by atoms with E-state index in [2.05, 4.69) is 20.4 Å². The minimum absolute atomic E-state index is 0.0561. The van der Waals surface area contributed by atoms with Crippen LogP contribution < -0.4 is 15.0 Å². The fourth-order valence-corrected chi connectivity index (χ4v) is 3.90. The highest BCUT2D eigenvalue weighted by Gasteiger charge is 2.26. The summed E-state index contributed by atoms with van der Waals surface area (Å²) in [6.07, 6.45) is 1.84. The first kappa shape index (κ1) is 20.8. The lowest BCUT2D eigenvalue weighted by Gasteiger charge is -2.32. The Hall–Kier alpha value is -3.41. The van der Waals surface area contributed by atoms with E-state index in [0.717, 1.165) is 47.8 Å². The summed E-state index contributed by atoms with van der Waals surface area (Å²) >= 11 is 0. The van der Waals surface area contributed by atoms with Crippen LogP contribution in [0.2, 0.25) is 0 Å². The Labute approximate surface area is 183 Å². The molecule has 1 aromatic heterocycles. The number of nitrogens with one attached hydrogen (secondary N) is 1. The molecule has 2 aromatic carbocycles. The van der Waals surface area contributed by atoms with Gasteiger partial charge >= 0.3 is 0 Å². The topological polar surface area (TPSA) is 67.3 Å². The molecule has 2 heterocycles. The van der Waals surface area contributed by atoms with E-state index in [4.69, 9.17) is 4.74 Å². The van der Waals surface area contributed by atoms with E-state index in [-0.39, 0.29) is 11.8 Å². The van der Waals surface area contributed by atoms with Gasteiger partial charge in [-0.15, -0.1) is 10.2 Å². The van der Waals surface area contributed by atoms with Crippen molar-refractivity contribution in [2.24, 2.45) is 5.92 Å². The normalized spacial score (nSPS) is 16.0. The highest BCUT2D eigenvalue weighted by Crippen LogP contribution is 2.23. The Kier molecular flexibility index (Phi) is 6.77. The van der Waals surface area contributed by atoms with Gasteiger partial charge in [-0.3, -0.25) is 4.79 Å². The van der Waals surface area contributed by atoms with Crippen molar-refractivity contribution in [3.05, 3.63) is 72.3 Å². The second-order valence-electron chi connectivity index (χ2n) is 7.73. The van der Waals surface area contributed by atoms with Gasteiger partial charge < -0.3 is 15.0 Å². The number of carbonyl (C=O) groups excluding carboxylic acids is 1. The summed E-state index contributed by atoms with van der Waals surface area (Å²) in [6.45, 7) is 4.64. The van der Waals surface area contributed by atoms with Crippen molar-refractivity contribution in [2.45, 2.75) is 26.3 Å². The van der Waals surface area contributed by atoms with Crippen LogP contribution >= 0.6 is 0 Å². The zero-order chi connectivity index (χ0) is 21.5. The summed E-state index contributed by atoms with van der Waals surface area (Å²) in [5.74, 6) is 1.68. The molecule has 160 valence electrons. The first-order chi connectivity index (χ1) is 15.2. The molecule has 6 nitrogen and oxygen atoms in total. The molecule has 1 aliphatic heterocycles. The van der Waals surface area contributed by atoms with Crippen molar-refractivity contribution in [1.29, 1.82) is 0 Å². The van der Waals surface area contributed by atoms with E-state index in [1.165, 1.54) is 0 Å². The highest BCUT2D eigenvalue weighted by molar-refractivity contribution is 5.79. The molecule has 0 saturated carbocycles. The monoisotopic (exact) mass is 416 g/mol. The fourth-order valence-electron chi connectivity index (χ4n) is 3.90. The zero-order valence-electron chi connectivity index (χ0n) is 17.8. The largest absolute Gasteiger partial charge is 0.494 e. The molecular formula is C25H28N4O2. The van der Waals surface area contributed by atoms with E-state index >= 15 is 0 Å². The third-order valence-electron chi connectivity index (χ3n) is 5.51. The predicted molar refractivity (Wildman–Crippen MR) is 122 cm³/mol. The van der Waals surface area contributed by atoms with E-state index in [0.29, 0.717) is 19.7 Å². The van der Waals surface area contributed by atoms with Crippen LogP contribution in [0.4, 0.5) is 5.82 Å². The lowest BCUT2D eigenvalue weighted by molar-refractivity contribution is -0.125. The number of anilines is 1. The highest BCUT2D eigenvalue weighted by atomic mass is 16.5. The number of nitrogens with zero attached hydrogens (tertiary/aromatic N) is 3. The van der Waals surface area contributed by atoms with Crippen LogP contribution in [-0.2, 0) is 11.3 Å². The summed E-state index contributed by atoms with van der Waals surface area (Å²) in [7, 11) is 0. The molecule has 1 fully saturated rings. The lowest BCUT2D eigenvalue weighted by Crippen LogP contribution is -2.43. The van der Waals surface area contributed by atoms with Gasteiger partial charge in [0.25, 0.3) is 0 Å². The van der Waals surface area contributed by atoms with Crippen LogP contribution in [-0.4, -0.2) is 35.8 Å². The molecule has 1 amide bonds. The third-order valence-corrected chi connectivity index (χ3v) is 5.51. The number of hydrogen-bond donors (Lipinski definition) is 1. The van der Waals surface area contributed by atoms with Crippen molar-refractivity contribution >= 4 is 11.7 Å². The van der Waals surface area contributed by atoms with Crippen LogP contribution in [0.1, 0.15) is 25.3 Å². The average Bonchev–Trinajstić information content (AvgIpc) is 2.84. The minimum Gasteiger partial charge on any atom is -0.494 e. The molecule has 4 rings (SSSR count). The summed E-state index contributed by atoms with van der Waals surface area (Å²) in [6, 6.07) is 21.9. The third kappa shape index (κ3) is 5.40. The maximum absolute atomic E-state index is 12.8. The fraction of sp³-hybridized carbons (Fsp3) is 0.320. The molecule has 0 unspecified atom stereocenters. The van der Waals surface area contributed by atoms with Crippen molar-refractivity contribution in [3.63, 3.8) is 0 Å². The number of benzene rings is 2. The SMILES string of the molecule is CCOc1cccc(CNC(=O)[C@H]2CCCN(c3ccc(-c4ccccc4)nn3)C2)c1. The molecule has 1 saturated heterocycles. The Morgan fingerprint density at radius 3 is 2.74 bits per heavy atom. The van der Waals surface area contributed by atoms with E-state index in [1.807, 2.05) is 73.7 Å². The predicted octanol–water partition coefficient (Wildman–Crippen LogP) is 4.08. The maximum atomic E-state index is 12.8. The number of hydrogen-bond acceptors (Lipinski definition) is 5. The van der Waals surface area contributed by atoms with Gasteiger partial charge in [0.15, 0.2) is 5.82 Å². The number of carbonyl (C=O) groups is 1. The Balaban J connectivity index is 1.34. The van der Waals surface area contributed by atoms with Crippen molar-refractivity contribution < 1.29 is 9.53 Å². The number of rotatable bonds is 7. The molecule has 1 N–H and O–H groups in total. The van der Waals surface area contributed by atoms with Crippen LogP contribution in [0.25, 0.3) is 11.3 Å². The second-order valence-corrected chi connectivity index (χ2v) is 7.73. The van der Waals surface area contributed by atoms with E-state index in [1.54, 1.807) is 0 Å². The molecule has 0 aliphatic carbocycles. The summed E-state index contributed by atoms with van der Waals surface area (Å²) in [4.78, 5) is 15.0. The van der Waals surface area contributed by atoms with Crippen LogP contribution in [0.3, 0.4) is 0 Å². The molecule has 0 spiro atoms. The van der Waals surface area contributed by atoms with E-state index in [9.17, 15) is 4.79 Å². The van der Waals surface area contributed by atoms with Gasteiger partial charge in [-0.05, 0) is 49.6 Å². The number of piperidine rings is 1. The number of amides is 1. The van der Waals surface area contributed by atoms with E-state index < -0.39 is 0 Å². The van der Waals surface area contributed by atoms with Gasteiger partial charge in [0.05, 0.1) is 18.2 Å². The second kappa shape index (κ2) is 10.1. The summed E-state index contributed by atoms with van der Waals surface area (Å²) < 4.78 is 5.54. The van der Waals surface area contributed by atoms with Gasteiger partial charge in [-0.1, -0.05) is 42.5 Å². The molecule has 6 heteroatoms. The summed E-state index contributed by atoms with van der Waals surface area (Å²) in [5.41, 5.74) is 2.94. The molecule has 3 aromatic rings. The van der Waals surface area contributed by atoms with Crippen molar-refractivity contribution in [2.75, 3.05) is 24.6 Å². The van der Waals surface area contributed by atoms with Crippen molar-refractivity contribution in [1.82, 2.24) is 15.5 Å². The van der Waals surface area contributed by atoms with Crippen molar-refractivity contribution in [3.8, 4) is 17.0 Å². The molecular weight excluding hydrogens is 388 g/mol. The van der Waals surface area contributed by atoms with Gasteiger partial charge in [0, 0.05) is 25.2 Å². The zero-order valence-corrected chi connectivity index (χ0v) is 17.8. The van der Waals surface area contributed by atoms with Crippen LogP contribution in [0.5, 0.6) is 5.75 Å². The smallest absolute Gasteiger partial charge is 0.225 e.